The minimum absolute atomic E-state index is 0.461. The Balaban J connectivity index is 1.88. The molecule has 1 fully saturated rings. The Kier molecular flexibility index (Phi) is 2.94. The summed E-state index contributed by atoms with van der Waals surface area (Å²) in [5.74, 6) is 2.79. The van der Waals surface area contributed by atoms with Gasteiger partial charge in [0, 0.05) is 17.7 Å². The summed E-state index contributed by atoms with van der Waals surface area (Å²) >= 11 is 0. The number of rotatable bonds is 3. The van der Waals surface area contributed by atoms with Crippen LogP contribution in [0.25, 0.3) is 17.2 Å². The van der Waals surface area contributed by atoms with E-state index in [0.717, 1.165) is 35.9 Å². The van der Waals surface area contributed by atoms with Crippen LogP contribution in [0.5, 0.6) is 0 Å². The molecule has 1 aliphatic carbocycles. The molecule has 0 radical (unpaired) electrons. The van der Waals surface area contributed by atoms with Gasteiger partial charge in [-0.3, -0.25) is 0 Å². The van der Waals surface area contributed by atoms with Gasteiger partial charge >= 0.3 is 0 Å². The van der Waals surface area contributed by atoms with E-state index in [9.17, 15) is 0 Å². The molecule has 0 aliphatic heterocycles. The quantitative estimate of drug-likeness (QED) is 0.742. The molecule has 2 heterocycles. The fraction of sp³-hybridized carbons (Fsp3) is 0.176. The Labute approximate surface area is 127 Å². The van der Waals surface area contributed by atoms with E-state index in [2.05, 4.69) is 16.2 Å². The number of benzene rings is 1. The second-order valence-corrected chi connectivity index (χ2v) is 5.36. The highest BCUT2D eigenvalue weighted by Gasteiger charge is 2.29. The third-order valence-corrected chi connectivity index (χ3v) is 3.68. The van der Waals surface area contributed by atoms with Crippen molar-refractivity contribution in [1.82, 2.24) is 19.7 Å². The van der Waals surface area contributed by atoms with Gasteiger partial charge in [-0.05, 0) is 37.1 Å². The van der Waals surface area contributed by atoms with Crippen LogP contribution in [-0.2, 0) is 0 Å². The lowest BCUT2D eigenvalue weighted by Crippen LogP contribution is -2.02. The SMILES string of the molecule is N#Cc1cccc(-c2nc(C3CC3)nn2-c2ccccn2)c1. The van der Waals surface area contributed by atoms with Crippen molar-refractivity contribution in [1.29, 1.82) is 5.26 Å². The van der Waals surface area contributed by atoms with Gasteiger partial charge in [0.1, 0.15) is 0 Å². The minimum Gasteiger partial charge on any atom is -0.237 e. The first-order chi connectivity index (χ1) is 10.8. The molecule has 4 rings (SSSR count). The molecule has 0 atom stereocenters. The summed E-state index contributed by atoms with van der Waals surface area (Å²) in [4.78, 5) is 9.06. The Morgan fingerprint density at radius 2 is 2.05 bits per heavy atom. The first-order valence-electron chi connectivity index (χ1n) is 7.24. The molecule has 5 heteroatoms. The lowest BCUT2D eigenvalue weighted by atomic mass is 10.1. The van der Waals surface area contributed by atoms with E-state index in [4.69, 9.17) is 10.2 Å². The summed E-state index contributed by atoms with van der Waals surface area (Å²) in [7, 11) is 0. The molecule has 0 unspecified atom stereocenters. The highest BCUT2D eigenvalue weighted by atomic mass is 15.4. The number of hydrogen-bond acceptors (Lipinski definition) is 4. The third-order valence-electron chi connectivity index (χ3n) is 3.68. The average molecular weight is 287 g/mol. The highest BCUT2D eigenvalue weighted by Crippen LogP contribution is 2.39. The second kappa shape index (κ2) is 5.08. The minimum atomic E-state index is 0.461. The monoisotopic (exact) mass is 287 g/mol. The molecule has 2 aromatic heterocycles. The maximum absolute atomic E-state index is 9.09. The Morgan fingerprint density at radius 3 is 2.77 bits per heavy atom. The largest absolute Gasteiger partial charge is 0.237 e. The standard InChI is InChI=1S/C17H13N5/c18-11-12-4-3-5-14(10-12)17-20-16(13-7-8-13)21-22(17)15-6-1-2-9-19-15/h1-6,9-10,13H,7-8H2. The van der Waals surface area contributed by atoms with Gasteiger partial charge in [-0.25, -0.2) is 9.97 Å². The Hall–Kier alpha value is -3.00. The van der Waals surface area contributed by atoms with Crippen LogP contribution in [0.15, 0.2) is 48.7 Å². The van der Waals surface area contributed by atoms with Crippen molar-refractivity contribution in [3.63, 3.8) is 0 Å². The van der Waals surface area contributed by atoms with Crippen molar-refractivity contribution < 1.29 is 0 Å². The second-order valence-electron chi connectivity index (χ2n) is 5.36. The van der Waals surface area contributed by atoms with Crippen molar-refractivity contribution in [3.8, 4) is 23.3 Å². The molecular formula is C17H13N5. The van der Waals surface area contributed by atoms with Crippen molar-refractivity contribution in [2.24, 2.45) is 0 Å². The van der Waals surface area contributed by atoms with Gasteiger partial charge in [0.05, 0.1) is 11.6 Å². The molecule has 5 nitrogen and oxygen atoms in total. The van der Waals surface area contributed by atoms with Gasteiger partial charge in [-0.15, -0.1) is 5.10 Å². The van der Waals surface area contributed by atoms with Crippen LogP contribution < -0.4 is 0 Å². The molecule has 0 amide bonds. The first-order valence-corrected chi connectivity index (χ1v) is 7.24. The van der Waals surface area contributed by atoms with Crippen LogP contribution >= 0.6 is 0 Å². The van der Waals surface area contributed by atoms with E-state index in [-0.39, 0.29) is 0 Å². The zero-order valence-electron chi connectivity index (χ0n) is 11.8. The van der Waals surface area contributed by atoms with Crippen molar-refractivity contribution in [2.45, 2.75) is 18.8 Å². The fourth-order valence-corrected chi connectivity index (χ4v) is 2.40. The lowest BCUT2D eigenvalue weighted by molar-refractivity contribution is 0.816. The molecule has 3 aromatic rings. The van der Waals surface area contributed by atoms with E-state index < -0.39 is 0 Å². The van der Waals surface area contributed by atoms with E-state index in [0.29, 0.717) is 11.5 Å². The molecule has 0 spiro atoms. The average Bonchev–Trinajstić information content (AvgIpc) is 3.34. The third kappa shape index (κ3) is 2.25. The van der Waals surface area contributed by atoms with Crippen LogP contribution in [0.4, 0.5) is 0 Å². The van der Waals surface area contributed by atoms with Crippen LogP contribution in [0.3, 0.4) is 0 Å². The molecule has 0 N–H and O–H groups in total. The fourth-order valence-electron chi connectivity index (χ4n) is 2.40. The number of hydrogen-bond donors (Lipinski definition) is 0. The molecule has 22 heavy (non-hydrogen) atoms. The van der Waals surface area contributed by atoms with Gasteiger partial charge in [0.25, 0.3) is 0 Å². The summed E-state index contributed by atoms with van der Waals surface area (Å²) in [6.45, 7) is 0. The lowest BCUT2D eigenvalue weighted by Gasteiger charge is -2.04. The van der Waals surface area contributed by atoms with Crippen molar-refractivity contribution in [3.05, 3.63) is 60.0 Å². The molecule has 0 saturated heterocycles. The van der Waals surface area contributed by atoms with Crippen LogP contribution in [0.1, 0.15) is 30.1 Å². The van der Waals surface area contributed by atoms with E-state index >= 15 is 0 Å². The van der Waals surface area contributed by atoms with Crippen LogP contribution in [0, 0.1) is 11.3 Å². The molecule has 1 aliphatic rings. The molecule has 1 saturated carbocycles. The summed E-state index contributed by atoms with van der Waals surface area (Å²) in [6, 6.07) is 15.3. The molecular weight excluding hydrogens is 274 g/mol. The van der Waals surface area contributed by atoms with E-state index in [1.165, 1.54) is 0 Å². The first kappa shape index (κ1) is 12.7. The molecule has 1 aromatic carbocycles. The van der Waals surface area contributed by atoms with Crippen molar-refractivity contribution in [2.75, 3.05) is 0 Å². The smallest absolute Gasteiger partial charge is 0.165 e. The molecule has 0 bridgehead atoms. The zero-order chi connectivity index (χ0) is 14.9. The zero-order valence-corrected chi connectivity index (χ0v) is 11.8. The van der Waals surface area contributed by atoms with Crippen LogP contribution in [-0.4, -0.2) is 19.7 Å². The topological polar surface area (TPSA) is 67.4 Å². The molecule has 106 valence electrons. The number of aromatic nitrogens is 4. The predicted octanol–water partition coefficient (Wildman–Crippen LogP) is 3.08. The van der Waals surface area contributed by atoms with Crippen LogP contribution in [0.2, 0.25) is 0 Å². The summed E-state index contributed by atoms with van der Waals surface area (Å²) in [6.07, 6.45) is 4.02. The van der Waals surface area contributed by atoms with E-state index in [1.807, 2.05) is 36.4 Å². The number of nitriles is 1. The highest BCUT2D eigenvalue weighted by molar-refractivity contribution is 5.60. The Bertz CT molecular complexity index is 856. The predicted molar refractivity (Wildman–Crippen MR) is 81.3 cm³/mol. The van der Waals surface area contributed by atoms with Crippen molar-refractivity contribution >= 4 is 0 Å². The van der Waals surface area contributed by atoms with Gasteiger partial charge < -0.3 is 0 Å². The van der Waals surface area contributed by atoms with E-state index in [1.54, 1.807) is 16.9 Å². The van der Waals surface area contributed by atoms with Gasteiger partial charge in [0.15, 0.2) is 17.5 Å². The summed E-state index contributed by atoms with van der Waals surface area (Å²) in [5.41, 5.74) is 1.49. The summed E-state index contributed by atoms with van der Waals surface area (Å²) < 4.78 is 1.77. The normalized spacial score (nSPS) is 13.8. The Morgan fingerprint density at radius 1 is 1.14 bits per heavy atom. The number of nitrogens with zero attached hydrogens (tertiary/aromatic N) is 5. The van der Waals surface area contributed by atoms with Gasteiger partial charge in [-0.1, -0.05) is 18.2 Å². The van der Waals surface area contributed by atoms with Gasteiger partial charge in [-0.2, -0.15) is 9.94 Å². The van der Waals surface area contributed by atoms with Gasteiger partial charge in [0.2, 0.25) is 0 Å². The number of pyridine rings is 1. The summed E-state index contributed by atoms with van der Waals surface area (Å²) in [5, 5.41) is 13.7. The maximum atomic E-state index is 9.09. The maximum Gasteiger partial charge on any atom is 0.165 e.